The maximum atomic E-state index is 12.9. The maximum Gasteiger partial charge on any atom is 0.270 e. The number of aryl methyl sites for hydroxylation is 2. The van der Waals surface area contributed by atoms with Crippen LogP contribution in [-0.2, 0) is 13.0 Å². The minimum atomic E-state index is -0.152. The lowest BCUT2D eigenvalue weighted by molar-refractivity contribution is 0.0927. The molecular formula is C23H21N5O2S. The van der Waals surface area contributed by atoms with Crippen LogP contribution < -0.4 is 10.6 Å². The lowest BCUT2D eigenvalue weighted by atomic mass is 10.0. The molecule has 3 heterocycles. The highest BCUT2D eigenvalue weighted by atomic mass is 32.1. The van der Waals surface area contributed by atoms with Gasteiger partial charge in [-0.1, -0.05) is 12.1 Å². The van der Waals surface area contributed by atoms with E-state index >= 15 is 0 Å². The second-order valence-corrected chi connectivity index (χ2v) is 8.64. The molecule has 0 spiro atoms. The molecule has 0 aliphatic heterocycles. The smallest absolute Gasteiger partial charge is 0.270 e. The van der Waals surface area contributed by atoms with Gasteiger partial charge in [0.05, 0.1) is 18.8 Å². The van der Waals surface area contributed by atoms with E-state index in [9.17, 15) is 9.59 Å². The van der Waals surface area contributed by atoms with Gasteiger partial charge in [-0.2, -0.15) is 0 Å². The molecule has 1 aliphatic rings. The van der Waals surface area contributed by atoms with Crippen LogP contribution in [0.25, 0.3) is 5.65 Å². The van der Waals surface area contributed by atoms with E-state index in [2.05, 4.69) is 20.6 Å². The third kappa shape index (κ3) is 3.82. The van der Waals surface area contributed by atoms with E-state index in [1.54, 1.807) is 12.4 Å². The first-order chi connectivity index (χ1) is 15.1. The number of carbonyl (C=O) groups is 2. The molecule has 1 aliphatic carbocycles. The first-order valence-corrected chi connectivity index (χ1v) is 11.0. The fourth-order valence-corrected chi connectivity index (χ4v) is 4.55. The predicted molar refractivity (Wildman–Crippen MR) is 118 cm³/mol. The van der Waals surface area contributed by atoms with Gasteiger partial charge in [-0.25, -0.2) is 9.97 Å². The molecule has 0 unspecified atom stereocenters. The highest BCUT2D eigenvalue weighted by Crippen LogP contribution is 2.32. The van der Waals surface area contributed by atoms with Crippen molar-refractivity contribution in [2.24, 2.45) is 0 Å². The number of pyridine rings is 1. The summed E-state index contributed by atoms with van der Waals surface area (Å²) < 4.78 is 1.82. The Balaban J connectivity index is 1.29. The molecule has 1 aromatic carbocycles. The van der Waals surface area contributed by atoms with E-state index in [4.69, 9.17) is 0 Å². The Hall–Kier alpha value is -3.52. The van der Waals surface area contributed by atoms with Crippen molar-refractivity contribution in [2.45, 2.75) is 32.4 Å². The van der Waals surface area contributed by atoms with Crippen LogP contribution in [0, 0.1) is 6.92 Å². The summed E-state index contributed by atoms with van der Waals surface area (Å²) >= 11 is 1.51. The number of nitrogens with zero attached hydrogens (tertiary/aromatic N) is 3. The van der Waals surface area contributed by atoms with Crippen LogP contribution in [0.5, 0.6) is 0 Å². The first-order valence-electron chi connectivity index (χ1n) is 10.1. The normalized spacial score (nSPS) is 15.1. The van der Waals surface area contributed by atoms with Crippen molar-refractivity contribution < 1.29 is 9.59 Å². The van der Waals surface area contributed by atoms with Crippen LogP contribution in [-0.4, -0.2) is 26.2 Å². The van der Waals surface area contributed by atoms with Crippen LogP contribution in [0.2, 0.25) is 0 Å². The zero-order valence-corrected chi connectivity index (χ0v) is 17.8. The molecule has 5 rings (SSSR count). The van der Waals surface area contributed by atoms with Crippen molar-refractivity contribution in [2.75, 3.05) is 0 Å². The Morgan fingerprint density at radius 2 is 2.10 bits per heavy atom. The summed E-state index contributed by atoms with van der Waals surface area (Å²) in [6, 6.07) is 9.49. The Kier molecular flexibility index (Phi) is 4.99. The third-order valence-electron chi connectivity index (χ3n) is 5.56. The molecule has 2 amide bonds. The van der Waals surface area contributed by atoms with Gasteiger partial charge >= 0.3 is 0 Å². The largest absolute Gasteiger partial charge is 0.346 e. The topological polar surface area (TPSA) is 88.4 Å². The van der Waals surface area contributed by atoms with E-state index in [0.29, 0.717) is 17.8 Å². The Morgan fingerprint density at radius 1 is 1.19 bits per heavy atom. The Bertz CT molecular complexity index is 1280. The average Bonchev–Trinajstić information content (AvgIpc) is 3.51. The summed E-state index contributed by atoms with van der Waals surface area (Å²) in [5.74, 6) is -0.271. The van der Waals surface area contributed by atoms with Crippen molar-refractivity contribution >= 4 is 28.8 Å². The molecule has 156 valence electrons. The van der Waals surface area contributed by atoms with E-state index in [0.717, 1.165) is 40.2 Å². The molecule has 31 heavy (non-hydrogen) atoms. The van der Waals surface area contributed by atoms with Gasteiger partial charge in [0, 0.05) is 23.3 Å². The van der Waals surface area contributed by atoms with E-state index < -0.39 is 0 Å². The van der Waals surface area contributed by atoms with Gasteiger partial charge < -0.3 is 10.6 Å². The van der Waals surface area contributed by atoms with Crippen LogP contribution in [0.15, 0.2) is 54.3 Å². The number of fused-ring (bicyclic) bond motifs is 2. The number of carbonyl (C=O) groups excluding carboxylic acids is 2. The van der Waals surface area contributed by atoms with E-state index in [1.165, 1.54) is 11.3 Å². The molecule has 2 N–H and O–H groups in total. The van der Waals surface area contributed by atoms with Gasteiger partial charge in [0.2, 0.25) is 0 Å². The molecule has 3 aromatic heterocycles. The summed E-state index contributed by atoms with van der Waals surface area (Å²) in [5.41, 5.74) is 5.11. The van der Waals surface area contributed by atoms with Crippen LogP contribution in [0.3, 0.4) is 0 Å². The molecule has 0 bridgehead atoms. The van der Waals surface area contributed by atoms with E-state index in [-0.39, 0.29) is 17.9 Å². The Morgan fingerprint density at radius 3 is 2.94 bits per heavy atom. The molecule has 8 heteroatoms. The standard InChI is InChI=1S/C23H21N5O2S/c1-14-2-7-20-25-11-19(28(20)13-14)23(30)27-18-6-4-15-10-16(3-5-17(15)18)22(29)26-12-21-24-8-9-31-21/h2-3,5,7-11,13,18H,4,6,12H2,1H3,(H,26,29)(H,27,30)/t18-/m1/s1. The summed E-state index contributed by atoms with van der Waals surface area (Å²) in [7, 11) is 0. The summed E-state index contributed by atoms with van der Waals surface area (Å²) in [6.45, 7) is 2.41. The number of amides is 2. The zero-order valence-electron chi connectivity index (χ0n) is 17.0. The lowest BCUT2D eigenvalue weighted by Gasteiger charge is -2.14. The van der Waals surface area contributed by atoms with Crippen LogP contribution in [0.1, 0.15) is 55.0 Å². The number of rotatable bonds is 5. The summed E-state index contributed by atoms with van der Waals surface area (Å²) in [6.07, 6.45) is 6.87. The number of hydrogen-bond acceptors (Lipinski definition) is 5. The maximum absolute atomic E-state index is 12.9. The molecule has 4 aromatic rings. The van der Waals surface area contributed by atoms with Crippen molar-refractivity contribution in [1.29, 1.82) is 0 Å². The van der Waals surface area contributed by atoms with Gasteiger partial charge in [-0.15, -0.1) is 11.3 Å². The molecule has 0 fully saturated rings. The fourth-order valence-electron chi connectivity index (χ4n) is 3.99. The summed E-state index contributed by atoms with van der Waals surface area (Å²) in [4.78, 5) is 33.9. The third-order valence-corrected chi connectivity index (χ3v) is 6.34. The molecule has 1 atom stereocenters. The number of nitrogens with one attached hydrogen (secondary N) is 2. The monoisotopic (exact) mass is 431 g/mol. The van der Waals surface area contributed by atoms with Crippen LogP contribution in [0.4, 0.5) is 0 Å². The quantitative estimate of drug-likeness (QED) is 0.507. The van der Waals surface area contributed by atoms with Crippen molar-refractivity contribution in [1.82, 2.24) is 25.0 Å². The second-order valence-electron chi connectivity index (χ2n) is 7.66. The highest BCUT2D eigenvalue weighted by molar-refractivity contribution is 7.09. The van der Waals surface area contributed by atoms with Gasteiger partial charge in [0.25, 0.3) is 11.8 Å². The fraction of sp³-hybridized carbons (Fsp3) is 0.217. The van der Waals surface area contributed by atoms with Crippen LogP contribution >= 0.6 is 11.3 Å². The minimum Gasteiger partial charge on any atom is -0.346 e. The zero-order chi connectivity index (χ0) is 21.4. The van der Waals surface area contributed by atoms with Crippen molar-refractivity contribution in [3.63, 3.8) is 0 Å². The molecule has 7 nitrogen and oxygen atoms in total. The minimum absolute atomic E-state index is 0.0784. The Labute approximate surface area is 183 Å². The first kappa shape index (κ1) is 19.4. The summed E-state index contributed by atoms with van der Waals surface area (Å²) in [5, 5.41) is 8.80. The number of imidazole rings is 1. The molecule has 0 saturated heterocycles. The van der Waals surface area contributed by atoms with Crippen molar-refractivity contribution in [3.05, 3.63) is 87.3 Å². The SMILES string of the molecule is Cc1ccc2ncc(C(=O)N[C@@H]3CCc4cc(C(=O)NCc5nccs5)ccc43)n2c1. The second kappa shape index (κ2) is 7.96. The molecular weight excluding hydrogens is 410 g/mol. The van der Waals surface area contributed by atoms with Gasteiger partial charge in [-0.3, -0.25) is 14.0 Å². The van der Waals surface area contributed by atoms with Gasteiger partial charge in [-0.05, 0) is 54.7 Å². The molecule has 0 saturated carbocycles. The molecule has 0 radical (unpaired) electrons. The predicted octanol–water partition coefficient (Wildman–Crippen LogP) is 3.45. The number of aromatic nitrogens is 3. The number of thiazole rings is 1. The highest BCUT2D eigenvalue weighted by Gasteiger charge is 2.26. The van der Waals surface area contributed by atoms with Crippen molar-refractivity contribution in [3.8, 4) is 0 Å². The number of hydrogen-bond donors (Lipinski definition) is 2. The van der Waals surface area contributed by atoms with Gasteiger partial charge in [0.1, 0.15) is 16.3 Å². The average molecular weight is 432 g/mol. The van der Waals surface area contributed by atoms with Gasteiger partial charge in [0.15, 0.2) is 0 Å². The lowest BCUT2D eigenvalue weighted by Crippen LogP contribution is -2.28. The van der Waals surface area contributed by atoms with E-state index in [1.807, 2.05) is 53.2 Å². The number of benzene rings is 1.